The molecule has 5 rings (SSSR count). The van der Waals surface area contributed by atoms with E-state index in [1.807, 2.05) is 6.07 Å². The van der Waals surface area contributed by atoms with Crippen molar-refractivity contribution in [1.29, 1.82) is 0 Å². The normalized spacial score (nSPS) is 27.5. The van der Waals surface area contributed by atoms with Gasteiger partial charge in [-0.05, 0) is 68.5 Å². The van der Waals surface area contributed by atoms with E-state index in [1.54, 1.807) is 24.1 Å². The number of piperidine rings is 1. The van der Waals surface area contributed by atoms with Crippen LogP contribution in [0, 0.1) is 5.92 Å². The molecule has 3 heterocycles. The number of amides is 4. The number of hydrogen-bond donors (Lipinski definition) is 2. The predicted octanol–water partition coefficient (Wildman–Crippen LogP) is 1.88. The highest BCUT2D eigenvalue weighted by atomic mass is 16.5. The van der Waals surface area contributed by atoms with Crippen molar-refractivity contribution in [2.75, 3.05) is 26.7 Å². The molecule has 2 N–H and O–H groups in total. The van der Waals surface area contributed by atoms with Crippen LogP contribution in [0.15, 0.2) is 18.2 Å². The van der Waals surface area contributed by atoms with E-state index >= 15 is 0 Å². The molecule has 1 atom stereocenters. The monoisotopic (exact) mass is 426 g/mol. The summed E-state index contributed by atoms with van der Waals surface area (Å²) in [4.78, 5) is 42.5. The van der Waals surface area contributed by atoms with Crippen LogP contribution < -0.4 is 15.4 Å². The van der Waals surface area contributed by atoms with Gasteiger partial charge in [0.15, 0.2) is 0 Å². The highest BCUT2D eigenvalue weighted by Crippen LogP contribution is 2.36. The van der Waals surface area contributed by atoms with Gasteiger partial charge in [-0.3, -0.25) is 14.9 Å². The fraction of sp³-hybridized carbons (Fsp3) is 0.609. The molecule has 166 valence electrons. The third-order valence-corrected chi connectivity index (χ3v) is 7.67. The number of fused-ring (bicyclic) bond motifs is 1. The van der Waals surface area contributed by atoms with E-state index in [4.69, 9.17) is 4.74 Å². The lowest BCUT2D eigenvalue weighted by atomic mass is 9.76. The summed E-state index contributed by atoms with van der Waals surface area (Å²) in [6, 6.07) is 5.62. The Morgan fingerprint density at radius 1 is 1.10 bits per heavy atom. The SMILES string of the molecule is COc1ccc2c(c1)CN(CC1(C3CCN(C4CCCC4)CC3)NC(=O)NC1=O)C2=O. The summed E-state index contributed by atoms with van der Waals surface area (Å²) >= 11 is 0. The van der Waals surface area contributed by atoms with Gasteiger partial charge < -0.3 is 19.9 Å². The molecule has 2 saturated heterocycles. The molecule has 8 nitrogen and oxygen atoms in total. The molecule has 3 fully saturated rings. The Morgan fingerprint density at radius 2 is 1.84 bits per heavy atom. The van der Waals surface area contributed by atoms with Crippen molar-refractivity contribution in [3.63, 3.8) is 0 Å². The van der Waals surface area contributed by atoms with Gasteiger partial charge in [-0.25, -0.2) is 4.79 Å². The number of ether oxygens (including phenoxy) is 1. The minimum absolute atomic E-state index is 0.00246. The van der Waals surface area contributed by atoms with E-state index in [2.05, 4.69) is 15.5 Å². The van der Waals surface area contributed by atoms with Crippen LogP contribution in [0.1, 0.15) is 54.4 Å². The van der Waals surface area contributed by atoms with Crippen LogP contribution in [0.2, 0.25) is 0 Å². The molecule has 0 bridgehead atoms. The maximum absolute atomic E-state index is 13.1. The van der Waals surface area contributed by atoms with Gasteiger partial charge in [-0.1, -0.05) is 12.8 Å². The molecule has 1 saturated carbocycles. The maximum atomic E-state index is 13.1. The number of benzene rings is 1. The molecule has 1 aromatic rings. The van der Waals surface area contributed by atoms with Gasteiger partial charge in [0.1, 0.15) is 11.3 Å². The average molecular weight is 427 g/mol. The summed E-state index contributed by atoms with van der Waals surface area (Å²) in [5.74, 6) is 0.296. The fourth-order valence-electron chi connectivity index (χ4n) is 5.97. The standard InChI is InChI=1S/C23H30N4O4/c1-31-18-6-7-19-15(12-18)13-27(20(19)28)14-23(21(29)24-22(30)25-23)16-8-10-26(11-9-16)17-4-2-3-5-17/h6-7,12,16-17H,2-5,8-11,13-14H2,1H3,(H2,24,25,29,30). The smallest absolute Gasteiger partial charge is 0.322 e. The number of urea groups is 1. The van der Waals surface area contributed by atoms with Crippen molar-refractivity contribution < 1.29 is 19.1 Å². The maximum Gasteiger partial charge on any atom is 0.322 e. The second-order valence-corrected chi connectivity index (χ2v) is 9.31. The number of nitrogens with zero attached hydrogens (tertiary/aromatic N) is 2. The molecule has 0 aromatic heterocycles. The van der Waals surface area contributed by atoms with Crippen LogP contribution in [0.4, 0.5) is 4.79 Å². The summed E-state index contributed by atoms with van der Waals surface area (Å²) < 4.78 is 5.29. The Balaban J connectivity index is 1.35. The first-order chi connectivity index (χ1) is 15.0. The molecule has 4 amide bonds. The zero-order chi connectivity index (χ0) is 21.6. The molecular weight excluding hydrogens is 396 g/mol. The molecule has 0 radical (unpaired) electrons. The number of nitrogens with one attached hydrogen (secondary N) is 2. The van der Waals surface area contributed by atoms with Gasteiger partial charge in [0, 0.05) is 18.2 Å². The first-order valence-electron chi connectivity index (χ1n) is 11.3. The molecule has 8 heteroatoms. The molecule has 3 aliphatic heterocycles. The van der Waals surface area contributed by atoms with E-state index in [1.165, 1.54) is 25.7 Å². The van der Waals surface area contributed by atoms with Crippen molar-refractivity contribution in [1.82, 2.24) is 20.4 Å². The Hall–Kier alpha value is -2.61. The summed E-state index contributed by atoms with van der Waals surface area (Å²) in [6.45, 7) is 2.48. The Bertz CT molecular complexity index is 905. The van der Waals surface area contributed by atoms with Crippen molar-refractivity contribution in [2.24, 2.45) is 5.92 Å². The molecule has 1 unspecified atom stereocenters. The van der Waals surface area contributed by atoms with Crippen molar-refractivity contribution in [3.8, 4) is 5.75 Å². The van der Waals surface area contributed by atoms with Crippen LogP contribution >= 0.6 is 0 Å². The molecule has 31 heavy (non-hydrogen) atoms. The van der Waals surface area contributed by atoms with Crippen LogP contribution in [0.25, 0.3) is 0 Å². The number of imide groups is 1. The lowest BCUT2D eigenvalue weighted by Crippen LogP contribution is -2.62. The second kappa shape index (κ2) is 7.82. The first kappa shape index (κ1) is 20.3. The Labute approximate surface area is 182 Å². The highest BCUT2D eigenvalue weighted by Gasteiger charge is 2.54. The average Bonchev–Trinajstić information content (AvgIpc) is 3.48. The van der Waals surface area contributed by atoms with E-state index in [9.17, 15) is 14.4 Å². The largest absolute Gasteiger partial charge is 0.497 e. The van der Waals surface area contributed by atoms with E-state index < -0.39 is 11.6 Å². The van der Waals surface area contributed by atoms with Gasteiger partial charge in [0.25, 0.3) is 11.8 Å². The van der Waals surface area contributed by atoms with Crippen LogP contribution in [-0.2, 0) is 11.3 Å². The number of carbonyl (C=O) groups excluding carboxylic acids is 3. The Morgan fingerprint density at radius 3 is 2.48 bits per heavy atom. The molecule has 1 aromatic carbocycles. The van der Waals surface area contributed by atoms with Crippen LogP contribution in [0.3, 0.4) is 0 Å². The zero-order valence-electron chi connectivity index (χ0n) is 18.0. The summed E-state index contributed by atoms with van der Waals surface area (Å²) in [5, 5.41) is 5.37. The third kappa shape index (κ3) is 3.46. The second-order valence-electron chi connectivity index (χ2n) is 9.31. The predicted molar refractivity (Wildman–Crippen MR) is 114 cm³/mol. The lowest BCUT2D eigenvalue weighted by molar-refractivity contribution is -0.127. The molecular formula is C23H30N4O4. The zero-order valence-corrected chi connectivity index (χ0v) is 18.0. The molecule has 0 spiro atoms. The number of likely N-dealkylation sites (tertiary alicyclic amines) is 1. The highest BCUT2D eigenvalue weighted by molar-refractivity contribution is 6.08. The van der Waals surface area contributed by atoms with Gasteiger partial charge >= 0.3 is 6.03 Å². The minimum Gasteiger partial charge on any atom is -0.497 e. The van der Waals surface area contributed by atoms with Gasteiger partial charge in [0.2, 0.25) is 0 Å². The summed E-state index contributed by atoms with van der Waals surface area (Å²) in [5.41, 5.74) is 0.456. The van der Waals surface area contributed by atoms with E-state index in [0.29, 0.717) is 23.9 Å². The summed E-state index contributed by atoms with van der Waals surface area (Å²) in [6.07, 6.45) is 6.80. The van der Waals surface area contributed by atoms with Crippen molar-refractivity contribution >= 4 is 17.8 Å². The first-order valence-corrected chi connectivity index (χ1v) is 11.3. The van der Waals surface area contributed by atoms with E-state index in [0.717, 1.165) is 31.5 Å². The van der Waals surface area contributed by atoms with E-state index in [-0.39, 0.29) is 24.3 Å². The van der Waals surface area contributed by atoms with Crippen LogP contribution in [-0.4, -0.2) is 66.0 Å². The fourth-order valence-corrected chi connectivity index (χ4v) is 5.97. The Kier molecular flexibility index (Phi) is 5.12. The van der Waals surface area contributed by atoms with Gasteiger partial charge in [0.05, 0.1) is 13.7 Å². The number of rotatable bonds is 5. The summed E-state index contributed by atoms with van der Waals surface area (Å²) in [7, 11) is 1.60. The quantitative estimate of drug-likeness (QED) is 0.702. The minimum atomic E-state index is -1.07. The van der Waals surface area contributed by atoms with Crippen molar-refractivity contribution in [3.05, 3.63) is 29.3 Å². The number of hydrogen-bond acceptors (Lipinski definition) is 5. The third-order valence-electron chi connectivity index (χ3n) is 7.67. The molecule has 1 aliphatic carbocycles. The van der Waals surface area contributed by atoms with Crippen molar-refractivity contribution in [2.45, 2.75) is 56.7 Å². The molecule has 4 aliphatic rings. The topological polar surface area (TPSA) is 91.0 Å². The number of methoxy groups -OCH3 is 1. The number of carbonyl (C=O) groups is 3. The lowest BCUT2D eigenvalue weighted by Gasteiger charge is -2.43. The van der Waals surface area contributed by atoms with Crippen LogP contribution in [0.5, 0.6) is 5.75 Å². The van der Waals surface area contributed by atoms with Gasteiger partial charge in [-0.2, -0.15) is 0 Å². The van der Waals surface area contributed by atoms with Gasteiger partial charge in [-0.15, -0.1) is 0 Å².